The summed E-state index contributed by atoms with van der Waals surface area (Å²) >= 11 is 0. The van der Waals surface area contributed by atoms with Gasteiger partial charge in [-0.1, -0.05) is 29.8 Å². The molecule has 0 aliphatic carbocycles. The zero-order chi connectivity index (χ0) is 17.6. The Morgan fingerprint density at radius 3 is 2.68 bits per heavy atom. The third-order valence-electron chi connectivity index (χ3n) is 5.46. The number of carbonyl (C=O) groups excluding carboxylic acids is 2. The van der Waals surface area contributed by atoms with Crippen molar-refractivity contribution in [2.45, 2.75) is 32.6 Å². The van der Waals surface area contributed by atoms with Crippen LogP contribution in [0.25, 0.3) is 0 Å². The first-order valence-electron chi connectivity index (χ1n) is 9.56. The van der Waals surface area contributed by atoms with E-state index in [9.17, 15) is 9.59 Å². The van der Waals surface area contributed by atoms with E-state index < -0.39 is 0 Å². The Hall–Kier alpha value is -1.88. The molecule has 1 aromatic rings. The Morgan fingerprint density at radius 2 is 1.96 bits per heavy atom. The van der Waals surface area contributed by atoms with Gasteiger partial charge in [0.15, 0.2) is 0 Å². The van der Waals surface area contributed by atoms with Crippen LogP contribution in [-0.2, 0) is 16.0 Å². The standard InChI is InChI=1S/C20H29N3O2/c1-16-4-6-17(7-5-16)8-12-23-15-18(14-19(23)24)20(25)21-9-13-22-10-2-3-11-22/h4-7,18H,2-3,8-15H2,1H3,(H,21,25)/p+1. The van der Waals surface area contributed by atoms with E-state index in [2.05, 4.69) is 36.5 Å². The van der Waals surface area contributed by atoms with Crippen molar-refractivity contribution in [2.24, 2.45) is 5.92 Å². The SMILES string of the molecule is Cc1ccc(CCN2CC(C(=O)NCC[NH+]3CCCC3)CC2=O)cc1. The second-order valence-electron chi connectivity index (χ2n) is 7.47. The van der Waals surface area contributed by atoms with Gasteiger partial charge in [0.25, 0.3) is 0 Å². The minimum atomic E-state index is -0.181. The van der Waals surface area contributed by atoms with Crippen LogP contribution in [0.15, 0.2) is 24.3 Å². The molecule has 25 heavy (non-hydrogen) atoms. The van der Waals surface area contributed by atoms with Gasteiger partial charge in [-0.15, -0.1) is 0 Å². The van der Waals surface area contributed by atoms with Gasteiger partial charge in [-0.05, 0) is 18.9 Å². The summed E-state index contributed by atoms with van der Waals surface area (Å²) in [5, 5.41) is 3.03. The average molecular weight is 344 g/mol. The minimum absolute atomic E-state index is 0.0461. The number of benzene rings is 1. The Labute approximate surface area is 150 Å². The summed E-state index contributed by atoms with van der Waals surface area (Å²) in [4.78, 5) is 27.9. The molecule has 1 unspecified atom stereocenters. The van der Waals surface area contributed by atoms with Crippen LogP contribution in [-0.4, -0.2) is 56.0 Å². The Kier molecular flexibility index (Phi) is 6.08. The summed E-state index contributed by atoms with van der Waals surface area (Å²) in [6.45, 7) is 7.51. The number of nitrogens with one attached hydrogen (secondary N) is 2. The van der Waals surface area contributed by atoms with Crippen LogP contribution in [0.1, 0.15) is 30.4 Å². The number of rotatable bonds is 7. The van der Waals surface area contributed by atoms with Gasteiger partial charge in [-0.3, -0.25) is 9.59 Å². The van der Waals surface area contributed by atoms with Crippen molar-refractivity contribution >= 4 is 11.8 Å². The van der Waals surface area contributed by atoms with E-state index in [-0.39, 0.29) is 17.7 Å². The number of quaternary nitrogens is 1. The van der Waals surface area contributed by atoms with E-state index in [1.807, 2.05) is 4.90 Å². The quantitative estimate of drug-likeness (QED) is 0.741. The topological polar surface area (TPSA) is 53.9 Å². The molecule has 2 heterocycles. The molecule has 0 spiro atoms. The molecule has 2 amide bonds. The number of carbonyl (C=O) groups is 2. The number of likely N-dealkylation sites (tertiary alicyclic amines) is 2. The zero-order valence-corrected chi connectivity index (χ0v) is 15.2. The molecule has 0 radical (unpaired) electrons. The molecule has 136 valence electrons. The fourth-order valence-electron chi connectivity index (χ4n) is 3.81. The minimum Gasteiger partial charge on any atom is -0.350 e. The maximum Gasteiger partial charge on any atom is 0.225 e. The lowest BCUT2D eigenvalue weighted by molar-refractivity contribution is -0.886. The van der Waals surface area contributed by atoms with Gasteiger partial charge < -0.3 is 15.1 Å². The molecule has 2 N–H and O–H groups in total. The Balaban J connectivity index is 1.40. The molecule has 1 aromatic carbocycles. The van der Waals surface area contributed by atoms with Crippen molar-refractivity contribution in [3.63, 3.8) is 0 Å². The average Bonchev–Trinajstić information content (AvgIpc) is 3.24. The molecule has 0 saturated carbocycles. The predicted octanol–water partition coefficient (Wildman–Crippen LogP) is 0.181. The Morgan fingerprint density at radius 1 is 1.24 bits per heavy atom. The largest absolute Gasteiger partial charge is 0.350 e. The monoisotopic (exact) mass is 344 g/mol. The van der Waals surface area contributed by atoms with Crippen molar-refractivity contribution in [3.8, 4) is 0 Å². The van der Waals surface area contributed by atoms with E-state index in [0.29, 0.717) is 19.5 Å². The van der Waals surface area contributed by atoms with Gasteiger partial charge in [0.05, 0.1) is 32.1 Å². The van der Waals surface area contributed by atoms with Gasteiger partial charge in [-0.2, -0.15) is 0 Å². The van der Waals surface area contributed by atoms with Crippen molar-refractivity contribution in [1.29, 1.82) is 0 Å². The molecule has 3 rings (SSSR count). The molecular formula is C20H30N3O2+. The van der Waals surface area contributed by atoms with Crippen molar-refractivity contribution in [2.75, 3.05) is 39.3 Å². The normalized spacial score (nSPS) is 21.1. The second kappa shape index (κ2) is 8.48. The van der Waals surface area contributed by atoms with Crippen molar-refractivity contribution < 1.29 is 14.5 Å². The summed E-state index contributed by atoms with van der Waals surface area (Å²) in [7, 11) is 0. The maximum absolute atomic E-state index is 12.3. The molecule has 2 aliphatic heterocycles. The van der Waals surface area contributed by atoms with E-state index in [0.717, 1.165) is 19.5 Å². The first kappa shape index (κ1) is 17.9. The lowest BCUT2D eigenvalue weighted by atomic mass is 10.1. The molecular weight excluding hydrogens is 314 g/mol. The van der Waals surface area contributed by atoms with Crippen LogP contribution in [0.3, 0.4) is 0 Å². The summed E-state index contributed by atoms with van der Waals surface area (Å²) in [5.74, 6) is -0.0266. The second-order valence-corrected chi connectivity index (χ2v) is 7.47. The molecule has 5 nitrogen and oxygen atoms in total. The van der Waals surface area contributed by atoms with Crippen LogP contribution in [0.5, 0.6) is 0 Å². The van der Waals surface area contributed by atoms with Gasteiger partial charge in [0.1, 0.15) is 0 Å². The van der Waals surface area contributed by atoms with E-state index in [1.54, 1.807) is 4.90 Å². The molecule has 2 aliphatic rings. The van der Waals surface area contributed by atoms with E-state index in [1.165, 1.54) is 37.1 Å². The molecule has 0 bridgehead atoms. The van der Waals surface area contributed by atoms with Crippen molar-refractivity contribution in [3.05, 3.63) is 35.4 Å². The van der Waals surface area contributed by atoms with Gasteiger partial charge >= 0.3 is 0 Å². The third-order valence-corrected chi connectivity index (χ3v) is 5.46. The highest BCUT2D eigenvalue weighted by Crippen LogP contribution is 2.18. The van der Waals surface area contributed by atoms with Crippen molar-refractivity contribution in [1.82, 2.24) is 10.2 Å². The highest BCUT2D eigenvalue weighted by atomic mass is 16.2. The fourth-order valence-corrected chi connectivity index (χ4v) is 3.81. The van der Waals surface area contributed by atoms with Crippen LogP contribution < -0.4 is 10.2 Å². The summed E-state index contributed by atoms with van der Waals surface area (Å²) in [6.07, 6.45) is 3.81. The number of aryl methyl sites for hydroxylation is 1. The smallest absolute Gasteiger partial charge is 0.225 e. The molecule has 1 atom stereocenters. The van der Waals surface area contributed by atoms with Crippen LogP contribution >= 0.6 is 0 Å². The third kappa shape index (κ3) is 5.05. The predicted molar refractivity (Wildman–Crippen MR) is 97.4 cm³/mol. The maximum atomic E-state index is 12.3. The molecule has 5 heteroatoms. The zero-order valence-electron chi connectivity index (χ0n) is 15.2. The summed E-state index contributed by atoms with van der Waals surface area (Å²) in [6, 6.07) is 8.42. The Bertz CT molecular complexity index is 593. The lowest BCUT2D eigenvalue weighted by Gasteiger charge is -2.17. The lowest BCUT2D eigenvalue weighted by Crippen LogP contribution is -3.10. The number of amides is 2. The summed E-state index contributed by atoms with van der Waals surface area (Å²) in [5.41, 5.74) is 2.48. The summed E-state index contributed by atoms with van der Waals surface area (Å²) < 4.78 is 0. The van der Waals surface area contributed by atoms with Crippen LogP contribution in [0, 0.1) is 12.8 Å². The van der Waals surface area contributed by atoms with Gasteiger partial charge in [0.2, 0.25) is 11.8 Å². The molecule has 0 aromatic heterocycles. The van der Waals surface area contributed by atoms with Gasteiger partial charge in [0, 0.05) is 32.4 Å². The highest BCUT2D eigenvalue weighted by Gasteiger charge is 2.33. The van der Waals surface area contributed by atoms with Crippen LogP contribution in [0.4, 0.5) is 0 Å². The number of hydrogen-bond donors (Lipinski definition) is 2. The van der Waals surface area contributed by atoms with Crippen LogP contribution in [0.2, 0.25) is 0 Å². The highest BCUT2D eigenvalue weighted by molar-refractivity contribution is 5.89. The first-order chi connectivity index (χ1) is 12.1. The molecule has 2 fully saturated rings. The number of nitrogens with zero attached hydrogens (tertiary/aromatic N) is 1. The number of hydrogen-bond acceptors (Lipinski definition) is 2. The first-order valence-corrected chi connectivity index (χ1v) is 9.56. The van der Waals surface area contributed by atoms with E-state index in [4.69, 9.17) is 0 Å². The molecule has 2 saturated heterocycles. The fraction of sp³-hybridized carbons (Fsp3) is 0.600. The van der Waals surface area contributed by atoms with E-state index >= 15 is 0 Å². The van der Waals surface area contributed by atoms with Gasteiger partial charge in [-0.25, -0.2) is 0 Å².